The van der Waals surface area contributed by atoms with E-state index in [2.05, 4.69) is 50.7 Å². The second kappa shape index (κ2) is 5.98. The van der Waals surface area contributed by atoms with Crippen molar-refractivity contribution in [2.45, 2.75) is 20.8 Å². The van der Waals surface area contributed by atoms with Crippen LogP contribution < -0.4 is 0 Å². The first-order valence-electron chi connectivity index (χ1n) is 8.10. The van der Waals surface area contributed by atoms with Crippen molar-refractivity contribution in [2.24, 2.45) is 5.10 Å². The minimum Gasteiger partial charge on any atom is -0.202 e. The number of nitrogens with zero attached hydrogens (tertiary/aromatic N) is 6. The number of hydrogen-bond acceptors (Lipinski definition) is 4. The fourth-order valence-electron chi connectivity index (χ4n) is 2.86. The molecule has 0 aliphatic rings. The van der Waals surface area contributed by atoms with E-state index >= 15 is 0 Å². The highest BCUT2D eigenvalue weighted by Gasteiger charge is 2.13. The molecule has 124 valence electrons. The van der Waals surface area contributed by atoms with Gasteiger partial charge < -0.3 is 0 Å². The molecule has 0 aliphatic heterocycles. The van der Waals surface area contributed by atoms with Gasteiger partial charge >= 0.3 is 0 Å². The predicted octanol–water partition coefficient (Wildman–Crippen LogP) is 3.42. The van der Waals surface area contributed by atoms with E-state index in [0.717, 1.165) is 17.0 Å². The highest BCUT2D eigenvalue weighted by Crippen LogP contribution is 2.15. The van der Waals surface area contributed by atoms with Crippen molar-refractivity contribution < 1.29 is 0 Å². The Balaban J connectivity index is 1.73. The third-order valence-electron chi connectivity index (χ3n) is 4.07. The molecule has 0 amide bonds. The largest absolute Gasteiger partial charge is 0.273 e. The molecule has 25 heavy (non-hydrogen) atoms. The van der Waals surface area contributed by atoms with Gasteiger partial charge in [-0.2, -0.15) is 14.9 Å². The summed E-state index contributed by atoms with van der Waals surface area (Å²) in [7, 11) is 0. The fourth-order valence-corrected chi connectivity index (χ4v) is 2.86. The highest BCUT2D eigenvalue weighted by molar-refractivity contribution is 5.90. The van der Waals surface area contributed by atoms with E-state index < -0.39 is 0 Å². The van der Waals surface area contributed by atoms with Crippen LogP contribution in [0.2, 0.25) is 0 Å². The molecule has 6 heteroatoms. The average Bonchev–Trinajstić information content (AvgIpc) is 3.14. The van der Waals surface area contributed by atoms with Crippen LogP contribution in [0.15, 0.2) is 53.6 Å². The molecular weight excluding hydrogens is 312 g/mol. The maximum Gasteiger partial charge on any atom is 0.273 e. The van der Waals surface area contributed by atoms with Crippen molar-refractivity contribution in [3.05, 3.63) is 71.3 Å². The Labute approximate surface area is 145 Å². The van der Waals surface area contributed by atoms with Gasteiger partial charge in [0.25, 0.3) is 5.95 Å². The van der Waals surface area contributed by atoms with Crippen LogP contribution in [0.25, 0.3) is 16.7 Å². The SMILES string of the molecule is Cc1cc(C)n(-c2nnc(C)n2N=Cc2ccc3ccccc3c2)n1. The second-order valence-electron chi connectivity index (χ2n) is 6.05. The van der Waals surface area contributed by atoms with Gasteiger partial charge in [0.15, 0.2) is 5.82 Å². The first kappa shape index (κ1) is 15.3. The summed E-state index contributed by atoms with van der Waals surface area (Å²) in [6, 6.07) is 16.5. The normalized spacial score (nSPS) is 11.6. The van der Waals surface area contributed by atoms with Crippen molar-refractivity contribution in [2.75, 3.05) is 0 Å². The standard InChI is InChI=1S/C19H18N6/c1-13-10-14(2)24(23-13)19-22-21-15(3)25(19)20-12-16-8-9-17-6-4-5-7-18(17)11-16/h4-12H,1-3H3. The minimum atomic E-state index is 0.583. The molecule has 6 nitrogen and oxygen atoms in total. The van der Waals surface area contributed by atoms with Crippen LogP contribution in [0.4, 0.5) is 0 Å². The first-order valence-corrected chi connectivity index (χ1v) is 8.10. The van der Waals surface area contributed by atoms with Crippen molar-refractivity contribution in [1.29, 1.82) is 0 Å². The van der Waals surface area contributed by atoms with E-state index in [4.69, 9.17) is 0 Å². The van der Waals surface area contributed by atoms with Gasteiger partial charge in [-0.25, -0.2) is 4.68 Å². The van der Waals surface area contributed by atoms with Gasteiger partial charge in [0, 0.05) is 5.69 Å². The molecule has 2 aromatic heterocycles. The van der Waals surface area contributed by atoms with Gasteiger partial charge in [-0.1, -0.05) is 36.4 Å². The summed E-state index contributed by atoms with van der Waals surface area (Å²) in [5.41, 5.74) is 2.95. The number of aryl methyl sites for hydroxylation is 3. The second-order valence-corrected chi connectivity index (χ2v) is 6.05. The van der Waals surface area contributed by atoms with Crippen molar-refractivity contribution in [1.82, 2.24) is 24.7 Å². The molecule has 2 aromatic carbocycles. The monoisotopic (exact) mass is 330 g/mol. The van der Waals surface area contributed by atoms with Crippen LogP contribution in [-0.4, -0.2) is 30.9 Å². The zero-order valence-electron chi connectivity index (χ0n) is 14.4. The Morgan fingerprint density at radius 1 is 0.920 bits per heavy atom. The van der Waals surface area contributed by atoms with Gasteiger partial charge in [0.1, 0.15) is 0 Å². The molecule has 0 atom stereocenters. The number of aromatic nitrogens is 5. The molecule has 0 saturated carbocycles. The maximum atomic E-state index is 4.58. The summed E-state index contributed by atoms with van der Waals surface area (Å²) in [4.78, 5) is 0. The Bertz CT molecular complexity index is 1090. The van der Waals surface area contributed by atoms with E-state index in [9.17, 15) is 0 Å². The molecule has 4 rings (SSSR count). The van der Waals surface area contributed by atoms with Crippen molar-refractivity contribution in [3.8, 4) is 5.95 Å². The summed E-state index contributed by atoms with van der Waals surface area (Å²) >= 11 is 0. The lowest BCUT2D eigenvalue weighted by Gasteiger charge is -2.04. The van der Waals surface area contributed by atoms with E-state index in [1.54, 1.807) is 9.36 Å². The van der Waals surface area contributed by atoms with Gasteiger partial charge in [0.05, 0.1) is 11.9 Å². The smallest absolute Gasteiger partial charge is 0.202 e. The number of hydrogen-bond donors (Lipinski definition) is 0. The number of rotatable bonds is 3. The Morgan fingerprint density at radius 3 is 2.48 bits per heavy atom. The minimum absolute atomic E-state index is 0.583. The number of benzene rings is 2. The van der Waals surface area contributed by atoms with Crippen LogP contribution in [0.3, 0.4) is 0 Å². The van der Waals surface area contributed by atoms with Gasteiger partial charge in [0.2, 0.25) is 0 Å². The van der Waals surface area contributed by atoms with E-state index in [0.29, 0.717) is 11.8 Å². The topological polar surface area (TPSA) is 60.9 Å². The summed E-state index contributed by atoms with van der Waals surface area (Å²) in [5.74, 6) is 1.29. The molecule has 4 aromatic rings. The summed E-state index contributed by atoms with van der Waals surface area (Å²) in [6.07, 6.45) is 1.82. The predicted molar refractivity (Wildman–Crippen MR) is 98.3 cm³/mol. The third kappa shape index (κ3) is 2.82. The van der Waals surface area contributed by atoms with Crippen molar-refractivity contribution >= 4 is 17.0 Å². The first-order chi connectivity index (χ1) is 12.1. The highest BCUT2D eigenvalue weighted by atomic mass is 15.5. The third-order valence-corrected chi connectivity index (χ3v) is 4.07. The molecule has 0 aliphatic carbocycles. The molecule has 0 unspecified atom stereocenters. The van der Waals surface area contributed by atoms with Gasteiger partial charge in [-0.3, -0.25) is 0 Å². The molecule has 2 heterocycles. The molecule has 0 fully saturated rings. The average molecular weight is 330 g/mol. The Morgan fingerprint density at radius 2 is 1.72 bits per heavy atom. The summed E-state index contributed by atoms with van der Waals surface area (Å²) in [6.45, 7) is 5.82. The Hall–Kier alpha value is -3.28. The quantitative estimate of drug-likeness (QED) is 0.541. The molecular formula is C19H18N6. The number of fused-ring (bicyclic) bond motifs is 1. The van der Waals surface area contributed by atoms with Crippen LogP contribution in [0.1, 0.15) is 22.8 Å². The molecule has 0 N–H and O–H groups in total. The lowest BCUT2D eigenvalue weighted by atomic mass is 10.1. The fraction of sp³-hybridized carbons (Fsp3) is 0.158. The van der Waals surface area contributed by atoms with Crippen LogP contribution in [0, 0.1) is 20.8 Å². The van der Waals surface area contributed by atoms with Crippen LogP contribution in [-0.2, 0) is 0 Å². The lowest BCUT2D eigenvalue weighted by Crippen LogP contribution is -2.07. The van der Waals surface area contributed by atoms with E-state index in [-0.39, 0.29) is 0 Å². The van der Waals surface area contributed by atoms with Gasteiger partial charge in [-0.15, -0.1) is 10.2 Å². The zero-order chi connectivity index (χ0) is 17.4. The van der Waals surface area contributed by atoms with Crippen molar-refractivity contribution in [3.63, 3.8) is 0 Å². The lowest BCUT2D eigenvalue weighted by molar-refractivity contribution is 0.708. The summed E-state index contributed by atoms with van der Waals surface area (Å²) in [5, 5.41) is 19.8. The molecule has 0 saturated heterocycles. The summed E-state index contributed by atoms with van der Waals surface area (Å²) < 4.78 is 3.46. The zero-order valence-corrected chi connectivity index (χ0v) is 14.4. The van der Waals surface area contributed by atoms with Crippen LogP contribution >= 0.6 is 0 Å². The maximum absolute atomic E-state index is 4.58. The van der Waals surface area contributed by atoms with Crippen LogP contribution in [0.5, 0.6) is 0 Å². The molecule has 0 radical (unpaired) electrons. The van der Waals surface area contributed by atoms with Gasteiger partial charge in [-0.05, 0) is 49.2 Å². The Kier molecular flexibility index (Phi) is 3.65. The molecule has 0 spiro atoms. The van der Waals surface area contributed by atoms with E-state index in [1.807, 2.05) is 45.2 Å². The molecule has 0 bridgehead atoms. The van der Waals surface area contributed by atoms with E-state index in [1.165, 1.54) is 10.8 Å².